The molecule has 0 amide bonds. The molecule has 2 aromatic rings. The van der Waals surface area contributed by atoms with Crippen molar-refractivity contribution in [3.05, 3.63) is 47.5 Å². The van der Waals surface area contributed by atoms with E-state index in [1.165, 1.54) is 0 Å². The summed E-state index contributed by atoms with van der Waals surface area (Å²) in [7, 11) is -4.03. The second-order valence-corrected chi connectivity index (χ2v) is 5.48. The van der Waals surface area contributed by atoms with E-state index in [4.69, 9.17) is 15.0 Å². The van der Waals surface area contributed by atoms with Gasteiger partial charge in [0.15, 0.2) is 0 Å². The Morgan fingerprint density at radius 3 is 2.41 bits per heavy atom. The highest BCUT2D eigenvalue weighted by molar-refractivity contribution is 7.50. The fraction of sp³-hybridized carbons (Fsp3) is 0.0833. The van der Waals surface area contributed by atoms with Gasteiger partial charge >= 0.3 is 7.60 Å². The van der Waals surface area contributed by atoms with Gasteiger partial charge in [0, 0.05) is 0 Å². The normalized spacial score (nSPS) is 11.4. The Hall–Kier alpha value is -1.66. The summed E-state index contributed by atoms with van der Waals surface area (Å²) in [6, 6.07) is 12.4. The predicted octanol–water partition coefficient (Wildman–Crippen LogP) is 2.39. The number of hydrogen-bond acceptors (Lipinski definition) is 2. The fourth-order valence-corrected chi connectivity index (χ4v) is 2.37. The maximum absolute atomic E-state index is 10.9. The van der Waals surface area contributed by atoms with E-state index in [9.17, 15) is 4.57 Å². The summed E-state index contributed by atoms with van der Waals surface area (Å²) in [4.78, 5) is 17.8. The maximum Gasteiger partial charge on any atom is 0.329 e. The molecule has 4 nitrogen and oxygen atoms in total. The SMILES string of the molecule is N#Cc1ccc2cc(CP(=O)(O)O)ccc2c1. The van der Waals surface area contributed by atoms with E-state index in [1.807, 2.05) is 6.07 Å². The molecule has 0 aromatic heterocycles. The van der Waals surface area contributed by atoms with Gasteiger partial charge in [-0.25, -0.2) is 0 Å². The van der Waals surface area contributed by atoms with Crippen LogP contribution in [0.3, 0.4) is 0 Å². The monoisotopic (exact) mass is 247 g/mol. The first-order valence-electron chi connectivity index (χ1n) is 4.95. The number of benzene rings is 2. The van der Waals surface area contributed by atoms with E-state index >= 15 is 0 Å². The molecule has 0 heterocycles. The van der Waals surface area contributed by atoms with E-state index in [0.717, 1.165) is 10.8 Å². The van der Waals surface area contributed by atoms with E-state index in [2.05, 4.69) is 0 Å². The number of nitriles is 1. The molecule has 0 unspecified atom stereocenters. The molecule has 86 valence electrons. The van der Waals surface area contributed by atoms with Gasteiger partial charge in [-0.1, -0.05) is 24.3 Å². The molecule has 0 atom stereocenters. The van der Waals surface area contributed by atoms with Crippen molar-refractivity contribution >= 4 is 18.4 Å². The molecule has 0 bridgehead atoms. The van der Waals surface area contributed by atoms with Crippen LogP contribution < -0.4 is 0 Å². The molecule has 5 heteroatoms. The van der Waals surface area contributed by atoms with E-state index in [0.29, 0.717) is 11.1 Å². The molecule has 0 saturated carbocycles. The van der Waals surface area contributed by atoms with Crippen LogP contribution in [0.1, 0.15) is 11.1 Å². The van der Waals surface area contributed by atoms with Gasteiger partial charge in [0.2, 0.25) is 0 Å². The van der Waals surface area contributed by atoms with Crippen LogP contribution in [0.25, 0.3) is 10.8 Å². The van der Waals surface area contributed by atoms with Crippen LogP contribution in [0.5, 0.6) is 0 Å². The van der Waals surface area contributed by atoms with Crippen LogP contribution >= 0.6 is 7.60 Å². The van der Waals surface area contributed by atoms with Crippen molar-refractivity contribution in [3.63, 3.8) is 0 Å². The van der Waals surface area contributed by atoms with Gasteiger partial charge in [-0.15, -0.1) is 0 Å². The summed E-state index contributed by atoms with van der Waals surface area (Å²) in [5.74, 6) is 0. The van der Waals surface area contributed by atoms with Crippen molar-refractivity contribution in [2.75, 3.05) is 0 Å². The first-order valence-corrected chi connectivity index (χ1v) is 6.75. The highest BCUT2D eigenvalue weighted by Crippen LogP contribution is 2.39. The lowest BCUT2D eigenvalue weighted by atomic mass is 10.1. The zero-order chi connectivity index (χ0) is 12.5. The molecule has 2 N–H and O–H groups in total. The Morgan fingerprint density at radius 1 is 1.12 bits per heavy atom. The Bertz CT molecular complexity index is 654. The molecule has 2 aromatic carbocycles. The summed E-state index contributed by atoms with van der Waals surface area (Å²) in [5.41, 5.74) is 1.16. The fourth-order valence-electron chi connectivity index (χ4n) is 1.70. The number of fused-ring (bicyclic) bond motifs is 1. The minimum atomic E-state index is -4.03. The summed E-state index contributed by atoms with van der Waals surface area (Å²) >= 11 is 0. The minimum Gasteiger partial charge on any atom is -0.324 e. The minimum absolute atomic E-state index is 0.261. The molecule has 17 heavy (non-hydrogen) atoms. The molecular formula is C12H10NO3P. The Balaban J connectivity index is 2.46. The zero-order valence-electron chi connectivity index (χ0n) is 8.87. The third-order valence-electron chi connectivity index (χ3n) is 2.42. The van der Waals surface area contributed by atoms with Crippen LogP contribution in [0, 0.1) is 11.3 Å². The lowest BCUT2D eigenvalue weighted by Crippen LogP contribution is -1.87. The van der Waals surface area contributed by atoms with Gasteiger partial charge in [-0.3, -0.25) is 4.57 Å². The van der Waals surface area contributed by atoms with Crippen molar-refractivity contribution in [1.82, 2.24) is 0 Å². The van der Waals surface area contributed by atoms with E-state index in [1.54, 1.807) is 36.4 Å². The highest BCUT2D eigenvalue weighted by Gasteiger charge is 2.13. The summed E-state index contributed by atoms with van der Waals surface area (Å²) < 4.78 is 10.9. The molecular weight excluding hydrogens is 237 g/mol. The molecule has 0 aliphatic heterocycles. The van der Waals surface area contributed by atoms with Crippen LogP contribution in [-0.4, -0.2) is 9.79 Å². The topological polar surface area (TPSA) is 81.3 Å². The quantitative estimate of drug-likeness (QED) is 0.798. The number of rotatable bonds is 2. The second-order valence-electron chi connectivity index (χ2n) is 3.83. The van der Waals surface area contributed by atoms with Gasteiger partial charge in [0.05, 0.1) is 17.8 Å². The number of nitrogens with zero attached hydrogens (tertiary/aromatic N) is 1. The maximum atomic E-state index is 10.9. The molecule has 0 radical (unpaired) electrons. The largest absolute Gasteiger partial charge is 0.329 e. The van der Waals surface area contributed by atoms with Crippen LogP contribution in [0.4, 0.5) is 0 Å². The van der Waals surface area contributed by atoms with Crippen LogP contribution in [-0.2, 0) is 10.7 Å². The third kappa shape index (κ3) is 2.92. The van der Waals surface area contributed by atoms with Crippen LogP contribution in [0.2, 0.25) is 0 Å². The first-order chi connectivity index (χ1) is 7.98. The Kier molecular flexibility index (Phi) is 2.99. The molecule has 0 saturated heterocycles. The summed E-state index contributed by atoms with van der Waals surface area (Å²) in [6.45, 7) is 0. The van der Waals surface area contributed by atoms with Gasteiger partial charge < -0.3 is 9.79 Å². The lowest BCUT2D eigenvalue weighted by molar-refractivity contribution is 0.372. The number of hydrogen-bond donors (Lipinski definition) is 2. The van der Waals surface area contributed by atoms with Gasteiger partial charge in [-0.2, -0.15) is 5.26 Å². The van der Waals surface area contributed by atoms with Crippen molar-refractivity contribution in [2.45, 2.75) is 6.16 Å². The zero-order valence-corrected chi connectivity index (χ0v) is 9.76. The van der Waals surface area contributed by atoms with E-state index in [-0.39, 0.29) is 6.16 Å². The standard InChI is InChI=1S/C12H10NO3P/c13-7-9-1-3-12-6-10(8-17(14,15)16)2-4-11(12)5-9/h1-6H,8H2,(H2,14,15,16). The first kappa shape index (κ1) is 11.8. The van der Waals surface area contributed by atoms with Gasteiger partial charge in [0.1, 0.15) is 0 Å². The summed E-state index contributed by atoms with van der Waals surface area (Å²) in [5, 5.41) is 10.5. The third-order valence-corrected chi connectivity index (χ3v) is 3.20. The van der Waals surface area contributed by atoms with Gasteiger partial charge in [0.25, 0.3) is 0 Å². The molecule has 2 rings (SSSR count). The summed E-state index contributed by atoms with van der Waals surface area (Å²) in [6.07, 6.45) is -0.261. The highest BCUT2D eigenvalue weighted by atomic mass is 31.2. The van der Waals surface area contributed by atoms with Crippen molar-refractivity contribution in [3.8, 4) is 6.07 Å². The smallest absolute Gasteiger partial charge is 0.324 e. The molecule has 0 aliphatic rings. The molecule has 0 spiro atoms. The van der Waals surface area contributed by atoms with E-state index < -0.39 is 7.60 Å². The average molecular weight is 247 g/mol. The Morgan fingerprint density at radius 2 is 1.76 bits per heavy atom. The van der Waals surface area contributed by atoms with Crippen LogP contribution in [0.15, 0.2) is 36.4 Å². The Labute approximate surface area is 98.3 Å². The van der Waals surface area contributed by atoms with Gasteiger partial charge in [-0.05, 0) is 28.5 Å². The van der Waals surface area contributed by atoms with Crippen molar-refractivity contribution < 1.29 is 14.4 Å². The average Bonchev–Trinajstić information content (AvgIpc) is 2.26. The van der Waals surface area contributed by atoms with Crippen molar-refractivity contribution in [1.29, 1.82) is 5.26 Å². The van der Waals surface area contributed by atoms with Crippen molar-refractivity contribution in [2.24, 2.45) is 0 Å². The predicted molar refractivity (Wildman–Crippen MR) is 64.4 cm³/mol. The second kappa shape index (κ2) is 4.31. The molecule has 0 aliphatic carbocycles. The lowest BCUT2D eigenvalue weighted by Gasteiger charge is -2.05. The molecule has 0 fully saturated rings.